The summed E-state index contributed by atoms with van der Waals surface area (Å²) in [6, 6.07) is 20.7. The number of benzene rings is 3. The molecule has 0 saturated carbocycles. The summed E-state index contributed by atoms with van der Waals surface area (Å²) < 4.78 is 19.1. The fourth-order valence-corrected chi connectivity index (χ4v) is 3.54. The number of rotatable bonds is 9. The quantitative estimate of drug-likeness (QED) is 0.470. The summed E-state index contributed by atoms with van der Waals surface area (Å²) in [5, 5.41) is 0.370. The zero-order valence-electron chi connectivity index (χ0n) is 17.4. The standard InChI is InChI=1S/C25H26ClFN2O2/c1-18(20-8-11-22(27)12-9-20)29(15-5-14-28)25(30)21-10-13-24(23(26)16-21)31-17-19-6-3-2-4-7-19/h2-4,6-13,16,18H,5,14-15,17,28H2,1H3. The minimum absolute atomic E-state index is 0.165. The largest absolute Gasteiger partial charge is 0.487 e. The lowest BCUT2D eigenvalue weighted by Gasteiger charge is -2.30. The van der Waals surface area contributed by atoms with E-state index in [0.717, 1.165) is 11.1 Å². The molecule has 1 amide bonds. The van der Waals surface area contributed by atoms with Crippen molar-refractivity contribution < 1.29 is 13.9 Å². The molecule has 3 aromatic rings. The Kier molecular flexibility index (Phi) is 8.04. The molecule has 0 aromatic heterocycles. The van der Waals surface area contributed by atoms with Crippen LogP contribution >= 0.6 is 11.6 Å². The fourth-order valence-electron chi connectivity index (χ4n) is 3.31. The van der Waals surface area contributed by atoms with Crippen LogP contribution in [-0.4, -0.2) is 23.9 Å². The second-order valence-corrected chi connectivity index (χ2v) is 7.69. The lowest BCUT2D eigenvalue weighted by atomic mass is 10.0. The van der Waals surface area contributed by atoms with Crippen LogP contribution in [0.5, 0.6) is 5.75 Å². The normalized spacial score (nSPS) is 11.7. The number of carbonyl (C=O) groups excluding carboxylic acids is 1. The number of carbonyl (C=O) groups is 1. The van der Waals surface area contributed by atoms with E-state index in [1.165, 1.54) is 12.1 Å². The number of ether oxygens (including phenoxy) is 1. The maximum Gasteiger partial charge on any atom is 0.254 e. The summed E-state index contributed by atoms with van der Waals surface area (Å²) in [7, 11) is 0. The molecule has 0 spiro atoms. The van der Waals surface area contributed by atoms with Gasteiger partial charge in [-0.1, -0.05) is 54.1 Å². The molecule has 3 rings (SSSR count). The number of nitrogens with zero attached hydrogens (tertiary/aromatic N) is 1. The van der Waals surface area contributed by atoms with Gasteiger partial charge >= 0.3 is 0 Å². The van der Waals surface area contributed by atoms with Crippen molar-refractivity contribution in [3.05, 3.63) is 100 Å². The van der Waals surface area contributed by atoms with Gasteiger partial charge in [0.2, 0.25) is 0 Å². The van der Waals surface area contributed by atoms with Gasteiger partial charge in [-0.3, -0.25) is 4.79 Å². The lowest BCUT2D eigenvalue weighted by Crippen LogP contribution is -2.35. The van der Waals surface area contributed by atoms with E-state index in [0.29, 0.717) is 42.5 Å². The summed E-state index contributed by atoms with van der Waals surface area (Å²) in [5.41, 5.74) is 8.01. The monoisotopic (exact) mass is 440 g/mol. The summed E-state index contributed by atoms with van der Waals surface area (Å²) in [5.74, 6) is 0.0394. The van der Waals surface area contributed by atoms with Gasteiger partial charge in [-0.2, -0.15) is 0 Å². The molecule has 4 nitrogen and oxygen atoms in total. The lowest BCUT2D eigenvalue weighted by molar-refractivity contribution is 0.0689. The van der Waals surface area contributed by atoms with Crippen LogP contribution in [0.4, 0.5) is 4.39 Å². The van der Waals surface area contributed by atoms with E-state index in [9.17, 15) is 9.18 Å². The van der Waals surface area contributed by atoms with Crippen LogP contribution in [0.3, 0.4) is 0 Å². The van der Waals surface area contributed by atoms with Gasteiger partial charge in [0.25, 0.3) is 5.91 Å². The molecule has 1 unspecified atom stereocenters. The molecule has 0 aliphatic heterocycles. The molecule has 0 saturated heterocycles. The van der Waals surface area contributed by atoms with Crippen LogP contribution in [-0.2, 0) is 6.61 Å². The van der Waals surface area contributed by atoms with Gasteiger partial charge in [-0.15, -0.1) is 0 Å². The Morgan fingerprint density at radius 1 is 1.10 bits per heavy atom. The van der Waals surface area contributed by atoms with Crippen LogP contribution in [0.15, 0.2) is 72.8 Å². The van der Waals surface area contributed by atoms with Crippen molar-refractivity contribution in [1.29, 1.82) is 0 Å². The predicted octanol–water partition coefficient (Wildman–Crippen LogP) is 5.61. The average molecular weight is 441 g/mol. The van der Waals surface area contributed by atoms with Crippen molar-refractivity contribution in [2.75, 3.05) is 13.1 Å². The molecule has 0 radical (unpaired) electrons. The first-order valence-corrected chi connectivity index (χ1v) is 10.6. The Labute approximate surface area is 187 Å². The maximum atomic E-state index is 13.3. The predicted molar refractivity (Wildman–Crippen MR) is 122 cm³/mol. The molecule has 2 N–H and O–H groups in total. The number of halogens is 2. The number of hydrogen-bond donors (Lipinski definition) is 1. The van der Waals surface area contributed by atoms with Crippen molar-refractivity contribution in [2.45, 2.75) is 26.0 Å². The summed E-state index contributed by atoms with van der Waals surface area (Å²) in [4.78, 5) is 15.0. The molecule has 0 heterocycles. The molecule has 6 heteroatoms. The molecule has 3 aromatic carbocycles. The summed E-state index contributed by atoms with van der Waals surface area (Å²) >= 11 is 6.41. The molecule has 0 fully saturated rings. The molecule has 0 aliphatic carbocycles. The topological polar surface area (TPSA) is 55.6 Å². The first-order chi connectivity index (χ1) is 15.0. The van der Waals surface area contributed by atoms with E-state index in [4.69, 9.17) is 22.1 Å². The van der Waals surface area contributed by atoms with Crippen molar-refractivity contribution in [3.63, 3.8) is 0 Å². The highest BCUT2D eigenvalue weighted by Crippen LogP contribution is 2.29. The second-order valence-electron chi connectivity index (χ2n) is 7.29. The number of nitrogens with two attached hydrogens (primary N) is 1. The van der Waals surface area contributed by atoms with Gasteiger partial charge in [-0.25, -0.2) is 4.39 Å². The van der Waals surface area contributed by atoms with E-state index in [1.807, 2.05) is 37.3 Å². The fraction of sp³-hybridized carbons (Fsp3) is 0.240. The third-order valence-corrected chi connectivity index (χ3v) is 5.40. The van der Waals surface area contributed by atoms with Crippen molar-refractivity contribution >= 4 is 17.5 Å². The first-order valence-electron chi connectivity index (χ1n) is 10.2. The molecule has 1 atom stereocenters. The third kappa shape index (κ3) is 6.06. The highest BCUT2D eigenvalue weighted by molar-refractivity contribution is 6.32. The van der Waals surface area contributed by atoms with Crippen LogP contribution in [0.1, 0.15) is 40.9 Å². The van der Waals surface area contributed by atoms with Gasteiger partial charge in [-0.05, 0) is 61.3 Å². The number of amides is 1. The Hall–Kier alpha value is -2.89. The third-order valence-electron chi connectivity index (χ3n) is 5.10. The highest BCUT2D eigenvalue weighted by atomic mass is 35.5. The van der Waals surface area contributed by atoms with Gasteiger partial charge in [0, 0.05) is 12.1 Å². The van der Waals surface area contributed by atoms with Gasteiger partial charge in [0.1, 0.15) is 18.2 Å². The van der Waals surface area contributed by atoms with E-state index in [-0.39, 0.29) is 17.8 Å². The van der Waals surface area contributed by atoms with Gasteiger partial charge < -0.3 is 15.4 Å². The molecular weight excluding hydrogens is 415 g/mol. The van der Waals surface area contributed by atoms with Crippen LogP contribution < -0.4 is 10.5 Å². The SMILES string of the molecule is CC(c1ccc(F)cc1)N(CCCN)C(=O)c1ccc(OCc2ccccc2)c(Cl)c1. The molecule has 0 bridgehead atoms. The number of hydrogen-bond acceptors (Lipinski definition) is 3. The highest BCUT2D eigenvalue weighted by Gasteiger charge is 2.23. The van der Waals surface area contributed by atoms with Crippen molar-refractivity contribution in [3.8, 4) is 5.75 Å². The van der Waals surface area contributed by atoms with Crippen molar-refractivity contribution in [1.82, 2.24) is 4.90 Å². The van der Waals surface area contributed by atoms with E-state index < -0.39 is 0 Å². The van der Waals surface area contributed by atoms with Crippen LogP contribution in [0.25, 0.3) is 0 Å². The summed E-state index contributed by atoms with van der Waals surface area (Å²) in [6.45, 7) is 3.25. The van der Waals surface area contributed by atoms with Gasteiger partial charge in [0.15, 0.2) is 0 Å². The minimum atomic E-state index is -0.311. The molecule has 162 valence electrons. The molecule has 0 aliphatic rings. The Balaban J connectivity index is 1.77. The Morgan fingerprint density at radius 3 is 2.45 bits per heavy atom. The maximum absolute atomic E-state index is 13.3. The van der Waals surface area contributed by atoms with Crippen LogP contribution in [0, 0.1) is 5.82 Å². The zero-order chi connectivity index (χ0) is 22.2. The zero-order valence-corrected chi connectivity index (χ0v) is 18.2. The Bertz CT molecular complexity index is 996. The van der Waals surface area contributed by atoms with Crippen LogP contribution in [0.2, 0.25) is 5.02 Å². The average Bonchev–Trinajstić information content (AvgIpc) is 2.79. The van der Waals surface area contributed by atoms with E-state index in [2.05, 4.69) is 0 Å². The van der Waals surface area contributed by atoms with E-state index in [1.54, 1.807) is 35.2 Å². The first kappa shape index (κ1) is 22.8. The molecular formula is C25H26ClFN2O2. The smallest absolute Gasteiger partial charge is 0.254 e. The summed E-state index contributed by atoms with van der Waals surface area (Å²) in [6.07, 6.45) is 0.656. The molecule has 31 heavy (non-hydrogen) atoms. The Morgan fingerprint density at radius 2 is 1.81 bits per heavy atom. The minimum Gasteiger partial charge on any atom is -0.487 e. The van der Waals surface area contributed by atoms with E-state index >= 15 is 0 Å². The van der Waals surface area contributed by atoms with Gasteiger partial charge in [0.05, 0.1) is 11.1 Å². The van der Waals surface area contributed by atoms with Crippen molar-refractivity contribution in [2.24, 2.45) is 5.73 Å². The second kappa shape index (κ2) is 10.9.